The van der Waals surface area contributed by atoms with Crippen molar-refractivity contribution in [2.45, 2.75) is 67.8 Å². The van der Waals surface area contributed by atoms with E-state index in [1.807, 2.05) is 24.3 Å². The van der Waals surface area contributed by atoms with Crippen LogP contribution in [-0.2, 0) is 25.2 Å². The first-order chi connectivity index (χ1) is 33.8. The number of nitrogens with one attached hydrogen (secondary N) is 3. The number of ether oxygens (including phenoxy) is 2. The average molecular weight is 987 g/mol. The molecule has 0 radical (unpaired) electrons. The van der Waals surface area contributed by atoms with Crippen LogP contribution < -0.4 is 31.6 Å². The molecule has 0 fully saturated rings. The summed E-state index contributed by atoms with van der Waals surface area (Å²) in [5.74, 6) is -0.530. The number of unbranched alkanes of at least 4 members (excludes halogenated alkanes) is 4. The van der Waals surface area contributed by atoms with Gasteiger partial charge < -0.3 is 45.0 Å². The second-order valence-electron chi connectivity index (χ2n) is 17.0. The smallest absolute Gasteiger partial charge is 0.258 e. The minimum Gasteiger partial charge on any atom is -0.506 e. The molecule has 0 unspecified atom stereocenters. The number of hydrogen-bond donors (Lipinski definition) is 6. The third kappa shape index (κ3) is 12.3. The molecule has 2 heterocycles. The molecule has 2 amide bonds. The summed E-state index contributed by atoms with van der Waals surface area (Å²) in [7, 11) is -0.972. The topological polar surface area (TPSA) is 215 Å². The summed E-state index contributed by atoms with van der Waals surface area (Å²) in [6, 6.07) is 30.2. The molecular formula is C53H58N6O9S2. The number of aromatic amines is 1. The van der Waals surface area contributed by atoms with E-state index >= 15 is 0 Å². The number of phenolic OH excluding ortho intramolecular Hbond substituents is 1. The van der Waals surface area contributed by atoms with Gasteiger partial charge in [0, 0.05) is 72.8 Å². The summed E-state index contributed by atoms with van der Waals surface area (Å²) in [6.45, 7) is 4.49. The molecule has 6 N–H and O–H groups in total. The predicted molar refractivity (Wildman–Crippen MR) is 276 cm³/mol. The number of pyridine rings is 2. The molecule has 70 heavy (non-hydrogen) atoms. The molecule has 15 nitrogen and oxygen atoms in total. The number of rotatable bonds is 24. The SMILES string of the molecule is COc1cccc(Nc2c(C(N)=O)cnc3c(C)cc(S(=O)(=O)c4cccc(C(=O)N(C)c5ccc(CCCCOCCCCCCNC[C@H](OS)c6ccc(O)c7[nH]c(=O)ccc67)cc5)c4)cc23)c1. The van der Waals surface area contributed by atoms with Crippen molar-refractivity contribution in [2.75, 3.05) is 50.7 Å². The lowest BCUT2D eigenvalue weighted by Gasteiger charge is -2.19. The number of phenols is 1. The van der Waals surface area contributed by atoms with Gasteiger partial charge in [0.1, 0.15) is 17.6 Å². The Balaban J connectivity index is 0.849. The number of aromatic nitrogens is 2. The number of anilines is 3. The first-order valence-electron chi connectivity index (χ1n) is 23.1. The number of primary amides is 1. The summed E-state index contributed by atoms with van der Waals surface area (Å²) in [4.78, 5) is 46.6. The van der Waals surface area contributed by atoms with Gasteiger partial charge >= 0.3 is 0 Å². The van der Waals surface area contributed by atoms with Crippen LogP contribution in [0.4, 0.5) is 17.1 Å². The van der Waals surface area contributed by atoms with Gasteiger partial charge in [0.2, 0.25) is 15.4 Å². The van der Waals surface area contributed by atoms with Crippen molar-refractivity contribution in [3.63, 3.8) is 0 Å². The number of aryl methyl sites for hydroxylation is 2. The van der Waals surface area contributed by atoms with Gasteiger partial charge in [-0.05, 0) is 142 Å². The number of carbonyl (C=O) groups excluding carboxylic acids is 2. The summed E-state index contributed by atoms with van der Waals surface area (Å²) < 4.78 is 45.2. The molecular weight excluding hydrogens is 929 g/mol. The number of methoxy groups -OCH3 is 1. The zero-order valence-corrected chi connectivity index (χ0v) is 41.1. The van der Waals surface area contributed by atoms with Crippen LogP contribution in [0, 0.1) is 6.92 Å². The van der Waals surface area contributed by atoms with E-state index in [2.05, 4.69) is 33.5 Å². The first kappa shape index (κ1) is 51.1. The van der Waals surface area contributed by atoms with Crippen LogP contribution in [0.1, 0.15) is 82.0 Å². The van der Waals surface area contributed by atoms with Crippen LogP contribution >= 0.6 is 12.9 Å². The maximum atomic E-state index is 14.3. The Morgan fingerprint density at radius 1 is 0.871 bits per heavy atom. The molecule has 0 aliphatic carbocycles. The maximum absolute atomic E-state index is 14.3. The number of nitrogens with zero attached hydrogens (tertiary/aromatic N) is 2. The van der Waals surface area contributed by atoms with Crippen LogP contribution in [0.15, 0.2) is 130 Å². The Morgan fingerprint density at radius 2 is 1.63 bits per heavy atom. The molecule has 2 aromatic heterocycles. The molecule has 7 rings (SSSR count). The molecule has 7 aromatic rings. The van der Waals surface area contributed by atoms with Crippen molar-refractivity contribution in [2.24, 2.45) is 5.73 Å². The Kier molecular flexibility index (Phi) is 17.3. The molecule has 17 heteroatoms. The zero-order chi connectivity index (χ0) is 49.8. The third-order valence-electron chi connectivity index (χ3n) is 12.2. The van der Waals surface area contributed by atoms with Crippen LogP contribution in [0.5, 0.6) is 11.5 Å². The number of sulfone groups is 1. The normalized spacial score (nSPS) is 12.0. The van der Waals surface area contributed by atoms with Crippen molar-refractivity contribution in [3.8, 4) is 11.5 Å². The number of thiol groups is 1. The fourth-order valence-corrected chi connectivity index (χ4v) is 9.92. The molecule has 1 atom stereocenters. The lowest BCUT2D eigenvalue weighted by atomic mass is 10.0. The predicted octanol–water partition coefficient (Wildman–Crippen LogP) is 9.14. The lowest BCUT2D eigenvalue weighted by molar-refractivity contribution is 0.0987. The highest BCUT2D eigenvalue weighted by molar-refractivity contribution is 7.91. The number of aromatic hydroxyl groups is 1. The fourth-order valence-electron chi connectivity index (χ4n) is 8.32. The van der Waals surface area contributed by atoms with E-state index in [4.69, 9.17) is 19.4 Å². The Bertz CT molecular complexity index is 3150. The van der Waals surface area contributed by atoms with Crippen molar-refractivity contribution < 1.29 is 36.8 Å². The minimum absolute atomic E-state index is 0.00540. The highest BCUT2D eigenvalue weighted by Crippen LogP contribution is 2.36. The van der Waals surface area contributed by atoms with Crippen LogP contribution in [0.3, 0.4) is 0 Å². The third-order valence-corrected chi connectivity index (χ3v) is 14.2. The van der Waals surface area contributed by atoms with Crippen LogP contribution in [-0.4, -0.2) is 75.8 Å². The van der Waals surface area contributed by atoms with E-state index < -0.39 is 15.7 Å². The number of nitrogens with two attached hydrogens (primary N) is 1. The number of fused-ring (bicyclic) bond motifs is 2. The monoisotopic (exact) mass is 986 g/mol. The second-order valence-corrected chi connectivity index (χ2v) is 19.2. The first-order valence-corrected chi connectivity index (χ1v) is 24.9. The van der Waals surface area contributed by atoms with E-state index in [1.165, 1.54) is 48.5 Å². The van der Waals surface area contributed by atoms with E-state index in [0.29, 0.717) is 69.9 Å². The number of carbonyl (C=O) groups is 2. The Hall–Kier alpha value is -6.76. The molecule has 0 aliphatic heterocycles. The van der Waals surface area contributed by atoms with Gasteiger partial charge in [0.15, 0.2) is 0 Å². The Morgan fingerprint density at radius 3 is 2.39 bits per heavy atom. The molecule has 0 saturated heterocycles. The standard InChI is InChI=1S/C53H58N6O9S2/c1-34-28-41(31-44-49(34)56-32-45(52(54)62)50(44)57-37-14-11-15-39(30-37)66-3)70(64,65)40-16-10-13-36(29-40)53(63)59(2)38-19-17-35(18-20-38)12-6-9-27-67-26-8-5-4-7-25-55-33-47(68-69)42-21-23-46(60)51-43(42)22-24-48(61)58-51/h10-11,13-24,28-32,47,55,60,69H,4-9,12,25-27,33H2,1-3H3,(H2,54,62)(H,56,57)(H,58,61)/t47-/m0/s1. The van der Waals surface area contributed by atoms with Gasteiger partial charge in [-0.2, -0.15) is 0 Å². The van der Waals surface area contributed by atoms with Gasteiger partial charge in [0.05, 0.1) is 39.2 Å². The minimum atomic E-state index is -4.17. The van der Waals surface area contributed by atoms with Crippen molar-refractivity contribution in [1.29, 1.82) is 0 Å². The molecule has 0 saturated carbocycles. The van der Waals surface area contributed by atoms with Crippen molar-refractivity contribution in [3.05, 3.63) is 154 Å². The number of amides is 2. The average Bonchev–Trinajstić information content (AvgIpc) is 3.36. The molecule has 366 valence electrons. The molecule has 0 aliphatic rings. The summed E-state index contributed by atoms with van der Waals surface area (Å²) >= 11 is 4.07. The van der Waals surface area contributed by atoms with Gasteiger partial charge in [0.25, 0.3) is 11.8 Å². The van der Waals surface area contributed by atoms with Gasteiger partial charge in [-0.15, -0.1) is 0 Å². The summed E-state index contributed by atoms with van der Waals surface area (Å²) in [5, 5.41) is 17.9. The van der Waals surface area contributed by atoms with E-state index in [9.17, 15) is 27.9 Å². The van der Waals surface area contributed by atoms with Gasteiger partial charge in [-0.25, -0.2) is 8.42 Å². The van der Waals surface area contributed by atoms with Crippen molar-refractivity contribution in [1.82, 2.24) is 15.3 Å². The molecule has 0 bridgehead atoms. The van der Waals surface area contributed by atoms with Gasteiger partial charge in [-0.1, -0.05) is 43.2 Å². The quantitative estimate of drug-likeness (QED) is 0.0190. The maximum Gasteiger partial charge on any atom is 0.258 e. The van der Waals surface area contributed by atoms with Crippen LogP contribution in [0.25, 0.3) is 21.8 Å². The van der Waals surface area contributed by atoms with E-state index in [0.717, 1.165) is 62.6 Å². The molecule has 0 spiro atoms. The van der Waals surface area contributed by atoms with Crippen molar-refractivity contribution >= 4 is 73.4 Å². The van der Waals surface area contributed by atoms with Gasteiger partial charge in [-0.3, -0.25) is 19.4 Å². The largest absolute Gasteiger partial charge is 0.506 e. The number of H-pyrrole nitrogens is 1. The van der Waals surface area contributed by atoms with Crippen LogP contribution in [0.2, 0.25) is 0 Å². The fraction of sp³-hybridized carbons (Fsp3) is 0.283. The van der Waals surface area contributed by atoms with E-state index in [1.54, 1.807) is 68.6 Å². The highest BCUT2D eigenvalue weighted by atomic mass is 32.2. The number of hydrogen-bond acceptors (Lipinski definition) is 13. The second kappa shape index (κ2) is 23.7. The molecule has 5 aromatic carbocycles. The summed E-state index contributed by atoms with van der Waals surface area (Å²) in [5.41, 5.74) is 10.7. The Labute approximate surface area is 412 Å². The summed E-state index contributed by atoms with van der Waals surface area (Å²) in [6.07, 6.45) is 7.87. The zero-order valence-electron chi connectivity index (χ0n) is 39.4. The highest BCUT2D eigenvalue weighted by Gasteiger charge is 2.25. The van der Waals surface area contributed by atoms with E-state index in [-0.39, 0.29) is 44.2 Å². The number of benzene rings is 5. The lowest BCUT2D eigenvalue weighted by Crippen LogP contribution is -2.26.